The molecular weight excluding hydrogens is 392 g/mol. The number of nitrogens with one attached hydrogen (secondary N) is 1. The van der Waals surface area contributed by atoms with Gasteiger partial charge in [0, 0.05) is 32.8 Å². The fourth-order valence-corrected chi connectivity index (χ4v) is 3.17. The summed E-state index contributed by atoms with van der Waals surface area (Å²) in [6.07, 6.45) is 1.83. The van der Waals surface area contributed by atoms with Crippen molar-refractivity contribution in [2.45, 2.75) is 13.5 Å². The van der Waals surface area contributed by atoms with E-state index in [0.29, 0.717) is 0 Å². The Balaban J connectivity index is 1.92. The summed E-state index contributed by atoms with van der Waals surface area (Å²) < 4.78 is 2.19. The number of hydrogen-bond donors (Lipinski definition) is 1. The summed E-state index contributed by atoms with van der Waals surface area (Å²) in [5.41, 5.74) is 4.53. The fourth-order valence-electron chi connectivity index (χ4n) is 2.31. The van der Waals surface area contributed by atoms with Crippen LogP contribution in [-0.2, 0) is 6.54 Å². The summed E-state index contributed by atoms with van der Waals surface area (Å²) in [6.45, 7) is 2.83. The van der Waals surface area contributed by atoms with E-state index >= 15 is 0 Å². The summed E-state index contributed by atoms with van der Waals surface area (Å²) >= 11 is 7.21. The Kier molecular flexibility index (Phi) is 4.27. The zero-order valence-electron chi connectivity index (χ0n) is 11.5. The Bertz CT molecular complexity index is 800. The van der Waals surface area contributed by atoms with Crippen LogP contribution in [0, 0.1) is 6.92 Å². The lowest BCUT2D eigenvalue weighted by molar-refractivity contribution is 1.14. The average Bonchev–Trinajstić information content (AvgIpc) is 2.51. The van der Waals surface area contributed by atoms with E-state index in [0.717, 1.165) is 32.1 Å². The normalized spacial score (nSPS) is 10.8. The van der Waals surface area contributed by atoms with Crippen LogP contribution in [0.3, 0.4) is 0 Å². The summed E-state index contributed by atoms with van der Waals surface area (Å²) in [5, 5.41) is 4.62. The lowest BCUT2D eigenvalue weighted by atomic mass is 10.1. The Labute approximate surface area is 140 Å². The van der Waals surface area contributed by atoms with E-state index < -0.39 is 0 Å². The molecule has 0 radical (unpaired) electrons. The van der Waals surface area contributed by atoms with Gasteiger partial charge in [-0.1, -0.05) is 40.2 Å². The van der Waals surface area contributed by atoms with Crippen LogP contribution in [-0.4, -0.2) is 4.98 Å². The Morgan fingerprint density at radius 3 is 2.76 bits per heavy atom. The lowest BCUT2D eigenvalue weighted by Crippen LogP contribution is -2.02. The van der Waals surface area contributed by atoms with Crippen molar-refractivity contribution >= 4 is 48.5 Å². The molecule has 0 aliphatic carbocycles. The second-order valence-corrected chi connectivity index (χ2v) is 6.54. The summed E-state index contributed by atoms with van der Waals surface area (Å²) in [5.74, 6) is 0. The number of pyridine rings is 1. The first-order valence-corrected chi connectivity index (χ1v) is 8.26. The van der Waals surface area contributed by atoms with Crippen LogP contribution in [0.25, 0.3) is 10.9 Å². The van der Waals surface area contributed by atoms with Crippen molar-refractivity contribution in [1.82, 2.24) is 4.98 Å². The van der Waals surface area contributed by atoms with Crippen molar-refractivity contribution in [3.8, 4) is 0 Å². The van der Waals surface area contributed by atoms with Crippen LogP contribution in [0.4, 0.5) is 5.69 Å². The molecule has 0 bridgehead atoms. The number of anilines is 1. The maximum Gasteiger partial charge on any atom is 0.0763 e. The highest BCUT2D eigenvalue weighted by Gasteiger charge is 2.07. The Morgan fingerprint density at radius 2 is 1.90 bits per heavy atom. The molecule has 0 saturated carbocycles. The smallest absolute Gasteiger partial charge is 0.0763 e. The van der Waals surface area contributed by atoms with Crippen molar-refractivity contribution in [3.05, 3.63) is 68.7 Å². The van der Waals surface area contributed by atoms with E-state index in [1.54, 1.807) is 0 Å². The topological polar surface area (TPSA) is 24.9 Å². The minimum absolute atomic E-state index is 0.739. The lowest BCUT2D eigenvalue weighted by Gasteiger charge is -2.12. The maximum absolute atomic E-state index is 4.51. The van der Waals surface area contributed by atoms with Crippen molar-refractivity contribution in [3.63, 3.8) is 0 Å². The first-order chi connectivity index (χ1) is 10.2. The van der Waals surface area contributed by atoms with E-state index in [2.05, 4.69) is 85.5 Å². The molecule has 0 aliphatic heterocycles. The standard InChI is InChI=1S/C17H14Br2N2/c1-11-4-2-6-15(16(11)19)21-10-12-7-8-14(18)13-5-3-9-20-17(12)13/h2-9,21H,10H2,1H3. The molecule has 3 aromatic rings. The highest BCUT2D eigenvalue weighted by atomic mass is 79.9. The number of nitrogens with zero attached hydrogens (tertiary/aromatic N) is 1. The van der Waals surface area contributed by atoms with Crippen LogP contribution < -0.4 is 5.32 Å². The summed E-state index contributed by atoms with van der Waals surface area (Å²) in [6, 6.07) is 14.4. The molecule has 0 unspecified atom stereocenters. The molecule has 21 heavy (non-hydrogen) atoms. The van der Waals surface area contributed by atoms with Crippen molar-refractivity contribution in [1.29, 1.82) is 0 Å². The zero-order chi connectivity index (χ0) is 14.8. The molecule has 1 heterocycles. The predicted octanol–water partition coefficient (Wildman–Crippen LogP) is 5.68. The molecule has 1 aromatic heterocycles. The van der Waals surface area contributed by atoms with Crippen LogP contribution in [0.1, 0.15) is 11.1 Å². The second-order valence-electron chi connectivity index (χ2n) is 4.90. The van der Waals surface area contributed by atoms with Crippen molar-refractivity contribution in [2.24, 2.45) is 0 Å². The van der Waals surface area contributed by atoms with Crippen molar-refractivity contribution < 1.29 is 0 Å². The number of benzene rings is 2. The van der Waals surface area contributed by atoms with Gasteiger partial charge in [0.25, 0.3) is 0 Å². The molecule has 1 N–H and O–H groups in total. The average molecular weight is 406 g/mol. The maximum atomic E-state index is 4.51. The number of aryl methyl sites for hydroxylation is 1. The number of rotatable bonds is 3. The molecule has 0 fully saturated rings. The fraction of sp³-hybridized carbons (Fsp3) is 0.118. The molecule has 0 spiro atoms. The van der Waals surface area contributed by atoms with Gasteiger partial charge in [-0.3, -0.25) is 4.98 Å². The highest BCUT2D eigenvalue weighted by molar-refractivity contribution is 9.11. The van der Waals surface area contributed by atoms with E-state index in [9.17, 15) is 0 Å². The molecule has 2 nitrogen and oxygen atoms in total. The van der Waals surface area contributed by atoms with E-state index in [1.165, 1.54) is 11.1 Å². The third-order valence-corrected chi connectivity index (χ3v) is 5.21. The van der Waals surface area contributed by atoms with Crippen LogP contribution >= 0.6 is 31.9 Å². The minimum atomic E-state index is 0.739. The first kappa shape index (κ1) is 14.5. The molecule has 0 saturated heterocycles. The molecule has 3 rings (SSSR count). The van der Waals surface area contributed by atoms with Gasteiger partial charge in [-0.2, -0.15) is 0 Å². The van der Waals surface area contributed by atoms with Gasteiger partial charge in [-0.25, -0.2) is 0 Å². The third-order valence-electron chi connectivity index (χ3n) is 3.46. The number of fused-ring (bicyclic) bond motifs is 1. The first-order valence-electron chi connectivity index (χ1n) is 6.68. The van der Waals surface area contributed by atoms with E-state index in [4.69, 9.17) is 0 Å². The van der Waals surface area contributed by atoms with Gasteiger partial charge < -0.3 is 5.32 Å². The van der Waals surface area contributed by atoms with Gasteiger partial charge in [0.1, 0.15) is 0 Å². The monoisotopic (exact) mass is 404 g/mol. The van der Waals surface area contributed by atoms with Gasteiger partial charge in [0.05, 0.1) is 5.52 Å². The molecule has 0 atom stereocenters. The highest BCUT2D eigenvalue weighted by Crippen LogP contribution is 2.28. The molecule has 106 valence electrons. The minimum Gasteiger partial charge on any atom is -0.380 e. The van der Waals surface area contributed by atoms with Crippen molar-refractivity contribution in [2.75, 3.05) is 5.32 Å². The number of hydrogen-bond acceptors (Lipinski definition) is 2. The second kappa shape index (κ2) is 6.16. The molecule has 4 heteroatoms. The van der Waals surface area contributed by atoms with Gasteiger partial charge in [-0.05, 0) is 52.2 Å². The van der Waals surface area contributed by atoms with Gasteiger partial charge in [0.15, 0.2) is 0 Å². The van der Waals surface area contributed by atoms with Crippen LogP contribution in [0.2, 0.25) is 0 Å². The summed E-state index contributed by atoms with van der Waals surface area (Å²) in [4.78, 5) is 4.51. The van der Waals surface area contributed by atoms with Gasteiger partial charge in [0.2, 0.25) is 0 Å². The van der Waals surface area contributed by atoms with Crippen LogP contribution in [0.5, 0.6) is 0 Å². The molecule has 0 amide bonds. The predicted molar refractivity (Wildman–Crippen MR) is 95.6 cm³/mol. The van der Waals surface area contributed by atoms with E-state index in [1.807, 2.05) is 12.3 Å². The number of aromatic nitrogens is 1. The summed E-state index contributed by atoms with van der Waals surface area (Å²) in [7, 11) is 0. The zero-order valence-corrected chi connectivity index (χ0v) is 14.7. The number of halogens is 2. The molecule has 2 aromatic carbocycles. The van der Waals surface area contributed by atoms with Crippen LogP contribution in [0.15, 0.2) is 57.6 Å². The quantitative estimate of drug-likeness (QED) is 0.606. The van der Waals surface area contributed by atoms with Gasteiger partial charge in [-0.15, -0.1) is 0 Å². The SMILES string of the molecule is Cc1cccc(NCc2ccc(Br)c3cccnc23)c1Br. The molecular formula is C17H14Br2N2. The Hall–Kier alpha value is -1.39. The largest absolute Gasteiger partial charge is 0.380 e. The third kappa shape index (κ3) is 2.97. The Morgan fingerprint density at radius 1 is 1.05 bits per heavy atom. The van der Waals surface area contributed by atoms with E-state index in [-0.39, 0.29) is 0 Å². The van der Waals surface area contributed by atoms with Gasteiger partial charge >= 0.3 is 0 Å². The molecule has 0 aliphatic rings.